The van der Waals surface area contributed by atoms with E-state index >= 15 is 0 Å². The van der Waals surface area contributed by atoms with E-state index in [1.54, 1.807) is 54.6 Å². The number of rotatable bonds is 6. The molecule has 3 heterocycles. The molecule has 0 bridgehead atoms. The van der Waals surface area contributed by atoms with E-state index in [-0.39, 0.29) is 36.4 Å². The number of aromatic nitrogens is 2. The van der Waals surface area contributed by atoms with Crippen molar-refractivity contribution in [1.82, 2.24) is 9.78 Å². The molecular formula is C31H32N4O7. The highest BCUT2D eigenvalue weighted by molar-refractivity contribution is 6.05. The molecule has 6 rings (SSSR count). The Hall–Kier alpha value is -5.06. The van der Waals surface area contributed by atoms with Crippen LogP contribution in [-0.2, 0) is 22.4 Å². The number of nitrogens with one attached hydrogen (secondary N) is 2. The van der Waals surface area contributed by atoms with Crippen molar-refractivity contribution in [2.45, 2.75) is 33.6 Å². The molecule has 1 aromatic heterocycles. The summed E-state index contributed by atoms with van der Waals surface area (Å²) in [6.07, 6.45) is 0.0997. The highest BCUT2D eigenvalue weighted by atomic mass is 16.6. The van der Waals surface area contributed by atoms with Gasteiger partial charge in [0.15, 0.2) is 28.8 Å². The predicted octanol–water partition coefficient (Wildman–Crippen LogP) is 4.63. The van der Waals surface area contributed by atoms with Crippen molar-refractivity contribution < 1.29 is 33.3 Å². The highest BCUT2D eigenvalue weighted by Gasteiger charge is 2.21. The third-order valence-electron chi connectivity index (χ3n) is 6.43. The first-order valence-corrected chi connectivity index (χ1v) is 13.8. The molecule has 0 radical (unpaired) electrons. The molecule has 218 valence electrons. The maximum atomic E-state index is 13.5. The Morgan fingerprint density at radius 3 is 1.90 bits per heavy atom. The Morgan fingerprint density at radius 1 is 0.738 bits per heavy atom. The Labute approximate surface area is 242 Å². The number of fused-ring (bicyclic) bond motifs is 3. The molecule has 2 N–H and O–H groups in total. The number of hydrogen-bond acceptors (Lipinski definition) is 8. The molecule has 0 saturated carbocycles. The van der Waals surface area contributed by atoms with Gasteiger partial charge in [-0.05, 0) is 53.6 Å². The van der Waals surface area contributed by atoms with E-state index in [9.17, 15) is 14.4 Å². The second-order valence-electron chi connectivity index (χ2n) is 9.43. The number of amides is 2. The molecule has 42 heavy (non-hydrogen) atoms. The van der Waals surface area contributed by atoms with Crippen molar-refractivity contribution in [1.29, 1.82) is 0 Å². The monoisotopic (exact) mass is 572 g/mol. The molecular weight excluding hydrogens is 540 g/mol. The van der Waals surface area contributed by atoms with Crippen LogP contribution in [0.25, 0.3) is 10.9 Å². The fraction of sp³-hybridized carbons (Fsp3) is 0.290. The standard InChI is InChI=1S/C29H26N4O7.C2H6/c1-17(34)30-20-4-5-21-22(16-20)33(28(36)15-19-3-7-24-26(13-19)40-11-9-38-24)32-29(21)31-27(35)14-18-2-6-23-25(12-18)39-10-8-37-23;1-2/h2-7,12-13,16H,8-11,14-15H2,1H3,(H,30,34)(H,31,32,35);1-2H3. The van der Waals surface area contributed by atoms with Crippen LogP contribution >= 0.6 is 0 Å². The first-order valence-electron chi connectivity index (χ1n) is 13.8. The molecule has 0 saturated heterocycles. The fourth-order valence-corrected chi connectivity index (χ4v) is 4.68. The quantitative estimate of drug-likeness (QED) is 0.342. The number of benzene rings is 3. The largest absolute Gasteiger partial charge is 0.486 e. The summed E-state index contributed by atoms with van der Waals surface area (Å²) in [5.74, 6) is 1.82. The topological polar surface area (TPSA) is 130 Å². The second kappa shape index (κ2) is 12.6. The van der Waals surface area contributed by atoms with Crippen LogP contribution in [0, 0.1) is 0 Å². The van der Waals surface area contributed by atoms with Gasteiger partial charge in [-0.1, -0.05) is 26.0 Å². The molecule has 3 aromatic carbocycles. The molecule has 2 aliphatic heterocycles. The minimum absolute atomic E-state index is 0.0301. The molecule has 2 aliphatic rings. The first kappa shape index (κ1) is 28.5. The molecule has 0 atom stereocenters. The lowest BCUT2D eigenvalue weighted by molar-refractivity contribution is -0.116. The minimum atomic E-state index is -0.325. The summed E-state index contributed by atoms with van der Waals surface area (Å²) >= 11 is 0. The summed E-state index contributed by atoms with van der Waals surface area (Å²) < 4.78 is 23.6. The number of nitrogens with zero attached hydrogens (tertiary/aromatic N) is 2. The van der Waals surface area contributed by atoms with Crippen LogP contribution in [0.3, 0.4) is 0 Å². The van der Waals surface area contributed by atoms with Gasteiger partial charge in [-0.2, -0.15) is 4.68 Å². The first-order chi connectivity index (χ1) is 20.4. The normalized spacial score (nSPS) is 13.0. The van der Waals surface area contributed by atoms with Crippen molar-refractivity contribution in [2.75, 3.05) is 37.1 Å². The van der Waals surface area contributed by atoms with E-state index in [1.165, 1.54) is 11.6 Å². The van der Waals surface area contributed by atoms with Gasteiger partial charge < -0.3 is 29.6 Å². The lowest BCUT2D eigenvalue weighted by Crippen LogP contribution is -2.19. The number of carbonyl (C=O) groups is 3. The Morgan fingerprint density at radius 2 is 1.31 bits per heavy atom. The Bertz CT molecular complexity index is 1650. The average molecular weight is 573 g/mol. The minimum Gasteiger partial charge on any atom is -0.486 e. The van der Waals surface area contributed by atoms with Crippen molar-refractivity contribution in [2.24, 2.45) is 0 Å². The van der Waals surface area contributed by atoms with Crippen LogP contribution in [0.15, 0.2) is 54.6 Å². The van der Waals surface area contributed by atoms with Gasteiger partial charge in [0.2, 0.25) is 11.8 Å². The van der Waals surface area contributed by atoms with Crippen LogP contribution in [0.1, 0.15) is 36.7 Å². The van der Waals surface area contributed by atoms with E-state index in [2.05, 4.69) is 15.7 Å². The fourth-order valence-electron chi connectivity index (χ4n) is 4.68. The SMILES string of the molecule is CC.CC(=O)Nc1ccc2c(NC(=O)Cc3ccc4c(c3)OCCO4)nn(C(=O)Cc3ccc4c(c3)OCCO4)c2c1. The summed E-state index contributed by atoms with van der Waals surface area (Å²) in [4.78, 5) is 38.1. The summed E-state index contributed by atoms with van der Waals surface area (Å²) in [7, 11) is 0. The average Bonchev–Trinajstić information content (AvgIpc) is 3.35. The maximum absolute atomic E-state index is 13.5. The summed E-state index contributed by atoms with van der Waals surface area (Å²) in [5, 5.41) is 10.6. The van der Waals surface area contributed by atoms with Crippen LogP contribution in [-0.4, -0.2) is 53.9 Å². The second-order valence-corrected chi connectivity index (χ2v) is 9.43. The molecule has 0 spiro atoms. The van der Waals surface area contributed by atoms with E-state index in [4.69, 9.17) is 18.9 Å². The lowest BCUT2D eigenvalue weighted by Gasteiger charge is -2.18. The van der Waals surface area contributed by atoms with Gasteiger partial charge in [0.25, 0.3) is 5.91 Å². The Kier molecular flexibility index (Phi) is 8.56. The van der Waals surface area contributed by atoms with Gasteiger partial charge in [0, 0.05) is 18.0 Å². The number of anilines is 2. The van der Waals surface area contributed by atoms with Gasteiger partial charge in [-0.3, -0.25) is 14.4 Å². The Balaban J connectivity index is 0.00000173. The van der Waals surface area contributed by atoms with E-state index in [1.807, 2.05) is 13.8 Å². The third kappa shape index (κ3) is 6.30. The van der Waals surface area contributed by atoms with Gasteiger partial charge >= 0.3 is 0 Å². The molecule has 11 heteroatoms. The molecule has 0 unspecified atom stereocenters. The number of carbonyl (C=O) groups excluding carboxylic acids is 3. The van der Waals surface area contributed by atoms with Crippen LogP contribution in [0.4, 0.5) is 11.5 Å². The molecule has 11 nitrogen and oxygen atoms in total. The van der Waals surface area contributed by atoms with Gasteiger partial charge in [0.1, 0.15) is 26.4 Å². The molecule has 4 aromatic rings. The van der Waals surface area contributed by atoms with E-state index in [0.29, 0.717) is 66.0 Å². The smallest absolute Gasteiger partial charge is 0.251 e. The number of hydrogen-bond donors (Lipinski definition) is 2. The lowest BCUT2D eigenvalue weighted by atomic mass is 10.1. The molecule has 2 amide bonds. The van der Waals surface area contributed by atoms with Crippen molar-refractivity contribution in [3.8, 4) is 23.0 Å². The summed E-state index contributed by atoms with van der Waals surface area (Å²) in [6.45, 7) is 7.25. The highest BCUT2D eigenvalue weighted by Crippen LogP contribution is 2.33. The summed E-state index contributed by atoms with van der Waals surface area (Å²) in [5.41, 5.74) is 2.42. The zero-order valence-corrected chi connectivity index (χ0v) is 23.7. The molecule has 0 aliphatic carbocycles. The molecule has 0 fully saturated rings. The van der Waals surface area contributed by atoms with E-state index in [0.717, 1.165) is 11.1 Å². The van der Waals surface area contributed by atoms with Crippen LogP contribution in [0.2, 0.25) is 0 Å². The van der Waals surface area contributed by atoms with Gasteiger partial charge in [0.05, 0.1) is 18.4 Å². The predicted molar refractivity (Wildman–Crippen MR) is 157 cm³/mol. The zero-order chi connectivity index (χ0) is 29.6. The van der Waals surface area contributed by atoms with Gasteiger partial charge in [-0.15, -0.1) is 5.10 Å². The zero-order valence-electron chi connectivity index (χ0n) is 23.7. The summed E-state index contributed by atoms with van der Waals surface area (Å²) in [6, 6.07) is 15.8. The van der Waals surface area contributed by atoms with Crippen molar-refractivity contribution in [3.63, 3.8) is 0 Å². The van der Waals surface area contributed by atoms with Crippen molar-refractivity contribution >= 4 is 40.1 Å². The number of ether oxygens (including phenoxy) is 4. The third-order valence-corrected chi connectivity index (χ3v) is 6.43. The van der Waals surface area contributed by atoms with Crippen LogP contribution in [0.5, 0.6) is 23.0 Å². The van der Waals surface area contributed by atoms with E-state index < -0.39 is 0 Å². The van der Waals surface area contributed by atoms with Crippen LogP contribution < -0.4 is 29.6 Å². The maximum Gasteiger partial charge on any atom is 0.251 e. The van der Waals surface area contributed by atoms with Gasteiger partial charge in [-0.25, -0.2) is 0 Å². The van der Waals surface area contributed by atoms with Crippen molar-refractivity contribution in [3.05, 3.63) is 65.7 Å².